The Balaban J connectivity index is 1.89. The van der Waals surface area contributed by atoms with Crippen molar-refractivity contribution in [2.24, 2.45) is 0 Å². The lowest BCUT2D eigenvalue weighted by atomic mass is 10.1. The second-order valence-electron chi connectivity index (χ2n) is 6.36. The summed E-state index contributed by atoms with van der Waals surface area (Å²) < 4.78 is 7.41. The van der Waals surface area contributed by atoms with Gasteiger partial charge < -0.3 is 15.2 Å². The van der Waals surface area contributed by atoms with E-state index in [0.29, 0.717) is 34.1 Å². The molecule has 1 amide bonds. The Morgan fingerprint density at radius 2 is 2.19 bits per heavy atom. The number of carbonyl (C=O) groups excluding carboxylic acids is 1. The first-order valence-electron chi connectivity index (χ1n) is 8.86. The Morgan fingerprint density at radius 3 is 2.89 bits per heavy atom. The molecule has 0 atom stereocenters. The third-order valence-corrected chi connectivity index (χ3v) is 5.64. The van der Waals surface area contributed by atoms with E-state index in [1.807, 2.05) is 36.4 Å². The van der Waals surface area contributed by atoms with Gasteiger partial charge in [0.05, 0.1) is 17.1 Å². The molecule has 1 aromatic carbocycles. The van der Waals surface area contributed by atoms with Crippen LogP contribution in [0.4, 0.5) is 5.69 Å². The lowest BCUT2D eigenvalue weighted by molar-refractivity contribution is -0.118. The maximum atomic E-state index is 11.6. The molecule has 4 rings (SSSR count). The van der Waals surface area contributed by atoms with Crippen LogP contribution >= 0.6 is 11.3 Å². The van der Waals surface area contributed by atoms with Gasteiger partial charge in [0.2, 0.25) is 0 Å². The fraction of sp³-hybridized carbons (Fsp3) is 0.316. The van der Waals surface area contributed by atoms with E-state index in [9.17, 15) is 14.7 Å². The van der Waals surface area contributed by atoms with E-state index in [1.165, 1.54) is 11.3 Å². The average molecular weight is 385 g/mol. The molecule has 140 valence electrons. The van der Waals surface area contributed by atoms with Gasteiger partial charge in [-0.3, -0.25) is 9.20 Å². The molecule has 0 spiro atoms. The van der Waals surface area contributed by atoms with E-state index < -0.39 is 5.97 Å². The summed E-state index contributed by atoms with van der Waals surface area (Å²) in [6.07, 6.45) is 2.24. The minimum atomic E-state index is -0.911. The first kappa shape index (κ1) is 17.5. The van der Waals surface area contributed by atoms with Crippen molar-refractivity contribution in [2.45, 2.75) is 33.1 Å². The van der Waals surface area contributed by atoms with Gasteiger partial charge >= 0.3 is 5.97 Å². The quantitative estimate of drug-likeness (QED) is 0.700. The molecule has 0 saturated heterocycles. The molecule has 3 aromatic rings. The van der Waals surface area contributed by atoms with Gasteiger partial charge in [0.1, 0.15) is 10.6 Å². The van der Waals surface area contributed by atoms with Crippen LogP contribution < -0.4 is 10.1 Å². The third-order valence-electron chi connectivity index (χ3n) is 4.57. The highest BCUT2D eigenvalue weighted by Gasteiger charge is 2.24. The molecule has 0 bridgehead atoms. The standard InChI is InChI=1S/C19H19N3O4S/c1-3-5-13-17(18(24)25)27-19-21-16(12(4-2)22(13)19)10-6-7-14-11(8-10)20-15(23)9-26-14/h6-8H,3-5,9H2,1-2H3,(H,20,23)(H,24,25). The number of anilines is 1. The second kappa shape index (κ2) is 6.70. The minimum absolute atomic E-state index is 0.0190. The predicted octanol–water partition coefficient (Wildman–Crippen LogP) is 3.61. The highest BCUT2D eigenvalue weighted by atomic mass is 32.1. The van der Waals surface area contributed by atoms with Crippen LogP contribution in [0.5, 0.6) is 5.75 Å². The van der Waals surface area contributed by atoms with Crippen molar-refractivity contribution in [2.75, 3.05) is 11.9 Å². The van der Waals surface area contributed by atoms with E-state index in [2.05, 4.69) is 5.32 Å². The average Bonchev–Trinajstić information content (AvgIpc) is 3.18. The minimum Gasteiger partial charge on any atom is -0.482 e. The maximum absolute atomic E-state index is 11.6. The molecule has 8 heteroatoms. The summed E-state index contributed by atoms with van der Waals surface area (Å²) in [6.45, 7) is 4.08. The van der Waals surface area contributed by atoms with Crippen molar-refractivity contribution < 1.29 is 19.4 Å². The molecule has 27 heavy (non-hydrogen) atoms. The van der Waals surface area contributed by atoms with Crippen LogP contribution in [0.25, 0.3) is 16.2 Å². The number of aromatic nitrogens is 2. The molecular weight excluding hydrogens is 366 g/mol. The number of benzene rings is 1. The number of carbonyl (C=O) groups is 2. The number of imidazole rings is 1. The third kappa shape index (κ3) is 2.86. The summed E-state index contributed by atoms with van der Waals surface area (Å²) in [5, 5.41) is 12.4. The number of aromatic carboxylic acids is 1. The van der Waals surface area contributed by atoms with Gasteiger partial charge in [0.15, 0.2) is 11.6 Å². The Morgan fingerprint density at radius 1 is 1.37 bits per heavy atom. The van der Waals surface area contributed by atoms with Crippen molar-refractivity contribution in [3.05, 3.63) is 34.5 Å². The monoisotopic (exact) mass is 385 g/mol. The van der Waals surface area contributed by atoms with Crippen LogP contribution in [-0.4, -0.2) is 33.0 Å². The molecular formula is C19H19N3O4S. The number of ether oxygens (including phenoxy) is 1. The van der Waals surface area contributed by atoms with Gasteiger partial charge in [-0.1, -0.05) is 31.6 Å². The van der Waals surface area contributed by atoms with E-state index in [4.69, 9.17) is 9.72 Å². The van der Waals surface area contributed by atoms with E-state index in [0.717, 1.165) is 29.1 Å². The molecule has 1 aliphatic heterocycles. The number of nitrogens with one attached hydrogen (secondary N) is 1. The molecule has 0 radical (unpaired) electrons. The van der Waals surface area contributed by atoms with Gasteiger partial charge in [-0.15, -0.1) is 0 Å². The fourth-order valence-electron chi connectivity index (χ4n) is 3.45. The number of amides is 1. The van der Waals surface area contributed by atoms with Crippen molar-refractivity contribution in [3.63, 3.8) is 0 Å². The molecule has 0 unspecified atom stereocenters. The Hall–Kier alpha value is -2.87. The van der Waals surface area contributed by atoms with Crippen molar-refractivity contribution in [3.8, 4) is 17.0 Å². The summed E-state index contributed by atoms with van der Waals surface area (Å²) in [4.78, 5) is 29.0. The van der Waals surface area contributed by atoms with E-state index in [1.54, 1.807) is 0 Å². The predicted molar refractivity (Wildman–Crippen MR) is 103 cm³/mol. The number of hydrogen-bond acceptors (Lipinski definition) is 5. The van der Waals surface area contributed by atoms with Crippen molar-refractivity contribution >= 4 is 33.9 Å². The number of carboxylic acid groups (broad SMARTS) is 1. The van der Waals surface area contributed by atoms with E-state index >= 15 is 0 Å². The molecule has 0 fully saturated rings. The molecule has 2 N–H and O–H groups in total. The summed E-state index contributed by atoms with van der Waals surface area (Å²) in [5.41, 5.74) is 4.07. The normalized spacial score (nSPS) is 13.3. The van der Waals surface area contributed by atoms with Gasteiger partial charge in [-0.2, -0.15) is 0 Å². The number of thiazole rings is 1. The van der Waals surface area contributed by atoms with Crippen LogP contribution in [0, 0.1) is 0 Å². The van der Waals surface area contributed by atoms with Crippen LogP contribution in [0.3, 0.4) is 0 Å². The van der Waals surface area contributed by atoms with Gasteiger partial charge in [0.25, 0.3) is 5.91 Å². The number of fused-ring (bicyclic) bond motifs is 2. The summed E-state index contributed by atoms with van der Waals surface area (Å²) in [6, 6.07) is 5.60. The molecule has 1 aliphatic rings. The zero-order chi connectivity index (χ0) is 19.1. The first-order chi connectivity index (χ1) is 13.0. The summed E-state index contributed by atoms with van der Waals surface area (Å²) >= 11 is 1.20. The SMILES string of the molecule is CCCc1c(C(=O)O)sc2nc(-c3ccc4c(c3)NC(=O)CO4)c(CC)n12. The van der Waals surface area contributed by atoms with Crippen molar-refractivity contribution in [1.29, 1.82) is 0 Å². The second-order valence-corrected chi connectivity index (χ2v) is 7.34. The number of carboxylic acids is 1. The smallest absolute Gasteiger partial charge is 0.347 e. The van der Waals surface area contributed by atoms with Crippen LogP contribution in [-0.2, 0) is 17.6 Å². The summed E-state index contributed by atoms with van der Waals surface area (Å²) in [7, 11) is 0. The molecule has 0 saturated carbocycles. The van der Waals surface area contributed by atoms with Crippen LogP contribution in [0.1, 0.15) is 41.3 Å². The van der Waals surface area contributed by atoms with Crippen LogP contribution in [0.15, 0.2) is 18.2 Å². The molecule has 7 nitrogen and oxygen atoms in total. The largest absolute Gasteiger partial charge is 0.482 e. The topological polar surface area (TPSA) is 92.9 Å². The Labute approximate surface area is 159 Å². The number of aryl methyl sites for hydroxylation is 2. The molecule has 0 aliphatic carbocycles. The Kier molecular flexibility index (Phi) is 4.35. The van der Waals surface area contributed by atoms with Crippen LogP contribution in [0.2, 0.25) is 0 Å². The fourth-order valence-corrected chi connectivity index (χ4v) is 4.48. The lowest BCUT2D eigenvalue weighted by Crippen LogP contribution is -2.25. The van der Waals surface area contributed by atoms with Gasteiger partial charge in [-0.25, -0.2) is 9.78 Å². The maximum Gasteiger partial charge on any atom is 0.347 e. The van der Waals surface area contributed by atoms with Crippen molar-refractivity contribution in [1.82, 2.24) is 9.38 Å². The highest BCUT2D eigenvalue weighted by Crippen LogP contribution is 2.36. The molecule has 2 aromatic heterocycles. The van der Waals surface area contributed by atoms with Gasteiger partial charge in [0, 0.05) is 11.3 Å². The van der Waals surface area contributed by atoms with Gasteiger partial charge in [-0.05, 0) is 31.0 Å². The zero-order valence-electron chi connectivity index (χ0n) is 15.0. The zero-order valence-corrected chi connectivity index (χ0v) is 15.9. The Bertz CT molecular complexity index is 1070. The number of nitrogens with zero attached hydrogens (tertiary/aromatic N) is 2. The summed E-state index contributed by atoms with van der Waals surface area (Å²) in [5.74, 6) is -0.457. The number of rotatable bonds is 5. The van der Waals surface area contributed by atoms with E-state index in [-0.39, 0.29) is 12.5 Å². The number of hydrogen-bond donors (Lipinski definition) is 2. The highest BCUT2D eigenvalue weighted by molar-refractivity contribution is 7.19. The molecule has 3 heterocycles. The first-order valence-corrected chi connectivity index (χ1v) is 9.68. The lowest BCUT2D eigenvalue weighted by Gasteiger charge is -2.18.